The van der Waals surface area contributed by atoms with Crippen molar-refractivity contribution in [1.29, 1.82) is 0 Å². The van der Waals surface area contributed by atoms with Crippen LogP contribution in [0.4, 0.5) is 10.5 Å². The maximum absolute atomic E-state index is 12.7. The lowest BCUT2D eigenvalue weighted by atomic mass is 10.0. The number of carbonyl (C=O) groups excluding carboxylic acids is 3. The Kier molecular flexibility index (Phi) is 4.35. The van der Waals surface area contributed by atoms with Gasteiger partial charge in [-0.05, 0) is 48.4 Å². The van der Waals surface area contributed by atoms with E-state index >= 15 is 0 Å². The molecule has 1 aliphatic rings. The highest BCUT2D eigenvalue weighted by molar-refractivity contribution is 6.39. The first-order valence-electron chi connectivity index (χ1n) is 7.62. The van der Waals surface area contributed by atoms with Crippen LogP contribution in [0, 0.1) is 6.92 Å². The number of aryl methyl sites for hydroxylation is 1. The number of barbiturate groups is 1. The van der Waals surface area contributed by atoms with Gasteiger partial charge >= 0.3 is 6.03 Å². The number of carbonyl (C=O) groups is 3. The second-order valence-corrected chi connectivity index (χ2v) is 5.52. The standard InChI is InChI=1S/C19H16N2O4/c1-12-10-15(25-2)9-8-13(12)11-16-17(22)20-19(24)21(18(16)23)14-6-4-3-5-7-14/h3-11H,1-2H3,(H,20,22,24)/b16-11-. The number of anilines is 1. The molecular formula is C19H16N2O4. The van der Waals surface area contributed by atoms with Crippen LogP contribution in [0.3, 0.4) is 0 Å². The van der Waals surface area contributed by atoms with E-state index in [0.717, 1.165) is 10.5 Å². The van der Waals surface area contributed by atoms with Gasteiger partial charge in [-0.15, -0.1) is 0 Å². The summed E-state index contributed by atoms with van der Waals surface area (Å²) in [5.74, 6) is -0.687. The minimum atomic E-state index is -0.759. The molecule has 1 saturated heterocycles. The Hall–Kier alpha value is -3.41. The number of ether oxygens (including phenoxy) is 1. The average Bonchev–Trinajstić information content (AvgIpc) is 2.60. The van der Waals surface area contributed by atoms with Crippen molar-refractivity contribution < 1.29 is 19.1 Å². The molecule has 0 aromatic heterocycles. The molecule has 25 heavy (non-hydrogen) atoms. The number of hydrogen-bond donors (Lipinski definition) is 1. The third kappa shape index (κ3) is 3.14. The lowest BCUT2D eigenvalue weighted by Crippen LogP contribution is -2.54. The lowest BCUT2D eigenvalue weighted by molar-refractivity contribution is -0.122. The molecule has 6 heteroatoms. The first kappa shape index (κ1) is 16.4. The van der Waals surface area contributed by atoms with Gasteiger partial charge in [-0.1, -0.05) is 24.3 Å². The first-order chi connectivity index (χ1) is 12.0. The summed E-state index contributed by atoms with van der Waals surface area (Å²) in [6, 6.07) is 13.0. The molecule has 1 aliphatic heterocycles. The van der Waals surface area contributed by atoms with Crippen LogP contribution >= 0.6 is 0 Å². The fourth-order valence-corrected chi connectivity index (χ4v) is 2.56. The Labute approximate surface area is 144 Å². The molecule has 0 bridgehead atoms. The Morgan fingerprint density at radius 3 is 2.40 bits per heavy atom. The average molecular weight is 336 g/mol. The van der Waals surface area contributed by atoms with E-state index in [9.17, 15) is 14.4 Å². The molecule has 0 unspecified atom stereocenters. The highest BCUT2D eigenvalue weighted by Gasteiger charge is 2.36. The van der Waals surface area contributed by atoms with Crippen LogP contribution in [0.2, 0.25) is 0 Å². The maximum atomic E-state index is 12.7. The van der Waals surface area contributed by atoms with Crippen molar-refractivity contribution >= 4 is 29.6 Å². The third-order valence-corrected chi connectivity index (χ3v) is 3.89. The second-order valence-electron chi connectivity index (χ2n) is 5.52. The fourth-order valence-electron chi connectivity index (χ4n) is 2.56. The van der Waals surface area contributed by atoms with Gasteiger partial charge < -0.3 is 4.74 Å². The van der Waals surface area contributed by atoms with Crippen LogP contribution in [0.25, 0.3) is 6.08 Å². The molecule has 0 radical (unpaired) electrons. The molecule has 6 nitrogen and oxygen atoms in total. The summed E-state index contributed by atoms with van der Waals surface area (Å²) in [6.07, 6.45) is 1.48. The molecule has 2 aromatic carbocycles. The Bertz CT molecular complexity index is 888. The van der Waals surface area contributed by atoms with Crippen LogP contribution in [0.1, 0.15) is 11.1 Å². The van der Waals surface area contributed by atoms with E-state index in [-0.39, 0.29) is 5.57 Å². The Balaban J connectivity index is 2.02. The van der Waals surface area contributed by atoms with Gasteiger partial charge in [-0.2, -0.15) is 0 Å². The molecule has 0 atom stereocenters. The zero-order chi connectivity index (χ0) is 18.0. The normalized spacial score (nSPS) is 16.2. The van der Waals surface area contributed by atoms with E-state index in [0.29, 0.717) is 17.0 Å². The van der Waals surface area contributed by atoms with Crippen LogP contribution in [-0.4, -0.2) is 25.0 Å². The van der Waals surface area contributed by atoms with Crippen molar-refractivity contribution in [1.82, 2.24) is 5.32 Å². The second kappa shape index (κ2) is 6.60. The number of benzene rings is 2. The number of amides is 4. The number of rotatable bonds is 3. The fraction of sp³-hybridized carbons (Fsp3) is 0.105. The number of para-hydroxylation sites is 1. The number of imide groups is 2. The van der Waals surface area contributed by atoms with Crippen molar-refractivity contribution in [2.24, 2.45) is 0 Å². The maximum Gasteiger partial charge on any atom is 0.335 e. The van der Waals surface area contributed by atoms with Crippen LogP contribution in [0.15, 0.2) is 54.1 Å². The van der Waals surface area contributed by atoms with Gasteiger partial charge in [0.2, 0.25) is 0 Å². The van der Waals surface area contributed by atoms with E-state index in [2.05, 4.69) is 5.32 Å². The van der Waals surface area contributed by atoms with Crippen LogP contribution < -0.4 is 15.0 Å². The summed E-state index contributed by atoms with van der Waals surface area (Å²) in [7, 11) is 1.56. The monoisotopic (exact) mass is 336 g/mol. The molecule has 4 amide bonds. The van der Waals surface area contributed by atoms with Crippen molar-refractivity contribution in [2.75, 3.05) is 12.0 Å². The van der Waals surface area contributed by atoms with Crippen molar-refractivity contribution in [3.63, 3.8) is 0 Å². The molecule has 2 aromatic rings. The minimum Gasteiger partial charge on any atom is -0.497 e. The van der Waals surface area contributed by atoms with E-state index in [1.165, 1.54) is 6.08 Å². The Morgan fingerprint density at radius 1 is 1.04 bits per heavy atom. The van der Waals surface area contributed by atoms with Crippen molar-refractivity contribution in [2.45, 2.75) is 6.92 Å². The van der Waals surface area contributed by atoms with Crippen molar-refractivity contribution in [3.8, 4) is 5.75 Å². The van der Waals surface area contributed by atoms with Gasteiger partial charge in [0.05, 0.1) is 12.8 Å². The van der Waals surface area contributed by atoms with Crippen molar-refractivity contribution in [3.05, 3.63) is 65.2 Å². The summed E-state index contributed by atoms with van der Waals surface area (Å²) in [5.41, 5.74) is 1.84. The summed E-state index contributed by atoms with van der Waals surface area (Å²) >= 11 is 0. The van der Waals surface area contributed by atoms with Gasteiger partial charge in [0.25, 0.3) is 11.8 Å². The topological polar surface area (TPSA) is 75.7 Å². The lowest BCUT2D eigenvalue weighted by Gasteiger charge is -2.26. The summed E-state index contributed by atoms with van der Waals surface area (Å²) in [4.78, 5) is 37.9. The van der Waals surface area contributed by atoms with Crippen LogP contribution in [-0.2, 0) is 9.59 Å². The molecule has 1 fully saturated rings. The third-order valence-electron chi connectivity index (χ3n) is 3.89. The molecule has 0 saturated carbocycles. The SMILES string of the molecule is COc1ccc(/C=C2/C(=O)NC(=O)N(c3ccccc3)C2=O)c(C)c1. The Morgan fingerprint density at radius 2 is 1.76 bits per heavy atom. The van der Waals surface area contributed by atoms with Gasteiger partial charge in [-0.25, -0.2) is 9.69 Å². The molecular weight excluding hydrogens is 320 g/mol. The number of methoxy groups -OCH3 is 1. The number of nitrogens with zero attached hydrogens (tertiary/aromatic N) is 1. The van der Waals surface area contributed by atoms with E-state index in [1.54, 1.807) is 55.6 Å². The number of hydrogen-bond acceptors (Lipinski definition) is 4. The number of urea groups is 1. The van der Waals surface area contributed by atoms with E-state index < -0.39 is 17.8 Å². The summed E-state index contributed by atoms with van der Waals surface area (Å²) < 4.78 is 5.15. The zero-order valence-corrected chi connectivity index (χ0v) is 13.8. The molecule has 1 N–H and O–H groups in total. The first-order valence-corrected chi connectivity index (χ1v) is 7.62. The molecule has 3 rings (SSSR count). The molecule has 0 spiro atoms. The quantitative estimate of drug-likeness (QED) is 0.691. The predicted molar refractivity (Wildman–Crippen MR) is 93.2 cm³/mol. The highest BCUT2D eigenvalue weighted by Crippen LogP contribution is 2.24. The van der Waals surface area contributed by atoms with E-state index in [1.807, 2.05) is 6.92 Å². The predicted octanol–water partition coefficient (Wildman–Crippen LogP) is 2.67. The summed E-state index contributed by atoms with van der Waals surface area (Å²) in [6.45, 7) is 1.85. The highest BCUT2D eigenvalue weighted by atomic mass is 16.5. The molecule has 1 heterocycles. The smallest absolute Gasteiger partial charge is 0.335 e. The van der Waals surface area contributed by atoms with Gasteiger partial charge in [0.1, 0.15) is 11.3 Å². The minimum absolute atomic E-state index is 0.100. The zero-order valence-electron chi connectivity index (χ0n) is 13.8. The summed E-state index contributed by atoms with van der Waals surface area (Å²) in [5, 5.41) is 2.20. The molecule has 0 aliphatic carbocycles. The van der Waals surface area contributed by atoms with E-state index in [4.69, 9.17) is 4.74 Å². The molecule has 126 valence electrons. The largest absolute Gasteiger partial charge is 0.497 e. The van der Waals surface area contributed by atoms with Gasteiger partial charge in [0, 0.05) is 0 Å². The van der Waals surface area contributed by atoms with Crippen LogP contribution in [0.5, 0.6) is 5.75 Å². The number of nitrogens with one attached hydrogen (secondary N) is 1. The van der Waals surface area contributed by atoms with Gasteiger partial charge in [-0.3, -0.25) is 14.9 Å². The van der Waals surface area contributed by atoms with Gasteiger partial charge in [0.15, 0.2) is 0 Å².